The Labute approximate surface area is 144 Å². The van der Waals surface area contributed by atoms with E-state index in [-0.39, 0.29) is 6.04 Å². The molecule has 2 aromatic rings. The Balaban J connectivity index is 2.05. The third-order valence-corrected chi connectivity index (χ3v) is 5.37. The predicted molar refractivity (Wildman–Crippen MR) is 97.1 cm³/mol. The SMILES string of the molecule is Clc1ccccc1C(c1ccccc1)N1CCNCC1I. The van der Waals surface area contributed by atoms with E-state index in [0.29, 0.717) is 4.05 Å². The van der Waals surface area contributed by atoms with E-state index >= 15 is 0 Å². The molecule has 2 nitrogen and oxygen atoms in total. The minimum Gasteiger partial charge on any atom is -0.313 e. The van der Waals surface area contributed by atoms with Crippen molar-refractivity contribution in [3.05, 3.63) is 70.7 Å². The van der Waals surface area contributed by atoms with E-state index in [2.05, 4.69) is 75.3 Å². The van der Waals surface area contributed by atoms with Crippen LogP contribution in [0.2, 0.25) is 5.02 Å². The molecule has 1 aliphatic heterocycles. The van der Waals surface area contributed by atoms with Crippen LogP contribution in [0.5, 0.6) is 0 Å². The first-order valence-corrected chi connectivity index (χ1v) is 8.79. The highest BCUT2D eigenvalue weighted by Crippen LogP contribution is 2.35. The van der Waals surface area contributed by atoms with E-state index in [1.165, 1.54) is 11.1 Å². The van der Waals surface area contributed by atoms with Gasteiger partial charge in [0.25, 0.3) is 0 Å². The number of hydrogen-bond acceptors (Lipinski definition) is 2. The molecule has 0 radical (unpaired) electrons. The number of nitrogens with one attached hydrogen (secondary N) is 1. The fourth-order valence-electron chi connectivity index (χ4n) is 2.86. The second kappa shape index (κ2) is 7.09. The second-order valence-corrected chi connectivity index (χ2v) is 7.06. The van der Waals surface area contributed by atoms with Crippen molar-refractivity contribution in [3.8, 4) is 0 Å². The van der Waals surface area contributed by atoms with Gasteiger partial charge in [0, 0.05) is 24.7 Å². The van der Waals surface area contributed by atoms with Crippen molar-refractivity contribution in [2.24, 2.45) is 0 Å². The Morgan fingerprint density at radius 2 is 1.81 bits per heavy atom. The number of alkyl halides is 1. The van der Waals surface area contributed by atoms with E-state index in [9.17, 15) is 0 Å². The summed E-state index contributed by atoms with van der Waals surface area (Å²) in [6, 6.07) is 19.1. The van der Waals surface area contributed by atoms with Gasteiger partial charge in [0.15, 0.2) is 0 Å². The van der Waals surface area contributed by atoms with Crippen LogP contribution in [-0.2, 0) is 0 Å². The fraction of sp³-hybridized carbons (Fsp3) is 0.294. The summed E-state index contributed by atoms with van der Waals surface area (Å²) in [6.07, 6.45) is 0. The first-order chi connectivity index (χ1) is 10.3. The van der Waals surface area contributed by atoms with Gasteiger partial charge >= 0.3 is 0 Å². The molecular formula is C17H18ClIN2. The number of hydrogen-bond donors (Lipinski definition) is 1. The van der Waals surface area contributed by atoms with Gasteiger partial charge < -0.3 is 5.32 Å². The Bertz CT molecular complexity index is 590. The van der Waals surface area contributed by atoms with Gasteiger partial charge in [-0.1, -0.05) is 82.7 Å². The second-order valence-electron chi connectivity index (χ2n) is 5.21. The lowest BCUT2D eigenvalue weighted by Gasteiger charge is -2.39. The van der Waals surface area contributed by atoms with Gasteiger partial charge in [0.05, 0.1) is 10.1 Å². The van der Waals surface area contributed by atoms with Crippen LogP contribution < -0.4 is 5.32 Å². The van der Waals surface area contributed by atoms with Crippen LogP contribution in [0.3, 0.4) is 0 Å². The smallest absolute Gasteiger partial charge is 0.0753 e. The van der Waals surface area contributed by atoms with E-state index in [0.717, 1.165) is 24.7 Å². The van der Waals surface area contributed by atoms with Gasteiger partial charge in [-0.05, 0) is 17.2 Å². The third-order valence-electron chi connectivity index (χ3n) is 3.87. The van der Waals surface area contributed by atoms with Crippen LogP contribution in [0.25, 0.3) is 0 Å². The van der Waals surface area contributed by atoms with Crippen molar-refractivity contribution in [2.75, 3.05) is 19.6 Å². The quantitative estimate of drug-likeness (QED) is 0.464. The van der Waals surface area contributed by atoms with Gasteiger partial charge in [0.2, 0.25) is 0 Å². The summed E-state index contributed by atoms with van der Waals surface area (Å²) in [7, 11) is 0. The Kier molecular flexibility index (Phi) is 5.16. The van der Waals surface area contributed by atoms with Crippen molar-refractivity contribution in [3.63, 3.8) is 0 Å². The number of piperazine rings is 1. The number of nitrogens with zero attached hydrogens (tertiary/aromatic N) is 1. The molecular weight excluding hydrogens is 395 g/mol. The monoisotopic (exact) mass is 412 g/mol. The molecule has 1 N–H and O–H groups in total. The molecule has 0 aliphatic carbocycles. The minimum absolute atomic E-state index is 0.212. The molecule has 1 heterocycles. The van der Waals surface area contributed by atoms with Gasteiger partial charge in [0.1, 0.15) is 0 Å². The number of benzene rings is 2. The lowest BCUT2D eigenvalue weighted by molar-refractivity contribution is 0.187. The molecule has 0 spiro atoms. The summed E-state index contributed by atoms with van der Waals surface area (Å²) in [6.45, 7) is 3.06. The van der Waals surface area contributed by atoms with Crippen molar-refractivity contribution in [2.45, 2.75) is 10.1 Å². The van der Waals surface area contributed by atoms with Crippen molar-refractivity contribution in [1.82, 2.24) is 10.2 Å². The minimum atomic E-state index is 0.212. The summed E-state index contributed by atoms with van der Waals surface area (Å²) in [5.74, 6) is 0. The third kappa shape index (κ3) is 3.42. The zero-order valence-electron chi connectivity index (χ0n) is 11.7. The molecule has 1 fully saturated rings. The van der Waals surface area contributed by atoms with E-state index in [4.69, 9.17) is 11.6 Å². The van der Waals surface area contributed by atoms with Crippen LogP contribution >= 0.6 is 34.2 Å². The first kappa shape index (κ1) is 15.3. The highest BCUT2D eigenvalue weighted by molar-refractivity contribution is 14.1. The topological polar surface area (TPSA) is 15.3 Å². The highest BCUT2D eigenvalue weighted by atomic mass is 127. The Morgan fingerprint density at radius 3 is 2.52 bits per heavy atom. The van der Waals surface area contributed by atoms with Crippen LogP contribution in [0.15, 0.2) is 54.6 Å². The van der Waals surface area contributed by atoms with Crippen molar-refractivity contribution >= 4 is 34.2 Å². The molecule has 1 aliphatic rings. The van der Waals surface area contributed by atoms with E-state index in [1.54, 1.807) is 0 Å². The molecule has 0 saturated carbocycles. The molecule has 0 bridgehead atoms. The Morgan fingerprint density at radius 1 is 1.10 bits per heavy atom. The van der Waals surface area contributed by atoms with Crippen LogP contribution in [0, 0.1) is 0 Å². The van der Waals surface area contributed by atoms with Gasteiger partial charge in [-0.2, -0.15) is 0 Å². The van der Waals surface area contributed by atoms with Crippen molar-refractivity contribution in [1.29, 1.82) is 0 Å². The molecule has 0 amide bonds. The molecule has 21 heavy (non-hydrogen) atoms. The number of halogens is 2. The van der Waals surface area contributed by atoms with Crippen LogP contribution in [0.1, 0.15) is 17.2 Å². The zero-order chi connectivity index (χ0) is 14.7. The summed E-state index contributed by atoms with van der Waals surface area (Å²) >= 11 is 9.01. The van der Waals surface area contributed by atoms with Crippen LogP contribution in [0.4, 0.5) is 0 Å². The maximum Gasteiger partial charge on any atom is 0.0753 e. The standard InChI is InChI=1S/C17H18ClIN2/c18-15-9-5-4-8-14(15)17(13-6-2-1-3-7-13)21-11-10-20-12-16(21)19/h1-9,16-17,20H,10-12H2. The maximum absolute atomic E-state index is 6.49. The van der Waals surface area contributed by atoms with Gasteiger partial charge in [-0.15, -0.1) is 0 Å². The maximum atomic E-state index is 6.49. The molecule has 1 saturated heterocycles. The summed E-state index contributed by atoms with van der Waals surface area (Å²) in [5.41, 5.74) is 2.49. The lowest BCUT2D eigenvalue weighted by Crippen LogP contribution is -2.49. The number of rotatable bonds is 3. The fourth-order valence-corrected chi connectivity index (χ4v) is 4.01. The molecule has 2 aromatic carbocycles. The molecule has 2 atom stereocenters. The molecule has 0 aromatic heterocycles. The first-order valence-electron chi connectivity index (χ1n) is 7.17. The summed E-state index contributed by atoms with van der Waals surface area (Å²) in [4.78, 5) is 2.54. The summed E-state index contributed by atoms with van der Waals surface area (Å²) < 4.78 is 0.456. The van der Waals surface area contributed by atoms with Crippen molar-refractivity contribution < 1.29 is 0 Å². The average molecular weight is 413 g/mol. The normalized spacial score (nSPS) is 21.1. The molecule has 4 heteroatoms. The lowest BCUT2D eigenvalue weighted by atomic mass is 9.96. The summed E-state index contributed by atoms with van der Waals surface area (Å²) in [5, 5.41) is 4.30. The molecule has 3 rings (SSSR count). The Hall–Kier alpha value is -0.620. The van der Waals surface area contributed by atoms with E-state index in [1.807, 2.05) is 12.1 Å². The highest BCUT2D eigenvalue weighted by Gasteiger charge is 2.30. The average Bonchev–Trinajstić information content (AvgIpc) is 2.52. The largest absolute Gasteiger partial charge is 0.313 e. The van der Waals surface area contributed by atoms with Crippen LogP contribution in [-0.4, -0.2) is 28.6 Å². The van der Waals surface area contributed by atoms with Gasteiger partial charge in [-0.25, -0.2) is 0 Å². The predicted octanol–water partition coefficient (Wildman–Crippen LogP) is 4.10. The van der Waals surface area contributed by atoms with E-state index < -0.39 is 0 Å². The molecule has 2 unspecified atom stereocenters. The zero-order valence-corrected chi connectivity index (χ0v) is 14.6. The van der Waals surface area contributed by atoms with Gasteiger partial charge in [-0.3, -0.25) is 4.90 Å². The molecule has 110 valence electrons.